The standard InChI is InChI=1S/C16H12N4O2/c1-21-16-8-7-14(22-13-5-3-2-4-6-13)9-15(16)20-19-12(10-17)11-18/h2-9,20H,1H3. The number of nitriles is 2. The lowest BCUT2D eigenvalue weighted by Gasteiger charge is -2.11. The minimum absolute atomic E-state index is 0.281. The summed E-state index contributed by atoms with van der Waals surface area (Å²) >= 11 is 0. The van der Waals surface area contributed by atoms with Crippen LogP contribution in [0.3, 0.4) is 0 Å². The number of methoxy groups -OCH3 is 1. The summed E-state index contributed by atoms with van der Waals surface area (Å²) in [6.45, 7) is 0. The van der Waals surface area contributed by atoms with Crippen LogP contribution >= 0.6 is 0 Å². The average molecular weight is 292 g/mol. The SMILES string of the molecule is COc1ccc(Oc2ccccc2)cc1NN=C(C#N)C#N. The zero-order valence-electron chi connectivity index (χ0n) is 11.8. The Morgan fingerprint density at radius 1 is 1.05 bits per heavy atom. The van der Waals surface area contributed by atoms with Gasteiger partial charge in [0.25, 0.3) is 0 Å². The first-order chi connectivity index (χ1) is 10.8. The van der Waals surface area contributed by atoms with Gasteiger partial charge in [-0.1, -0.05) is 18.2 Å². The highest BCUT2D eigenvalue weighted by atomic mass is 16.5. The monoisotopic (exact) mass is 292 g/mol. The van der Waals surface area contributed by atoms with Crippen LogP contribution < -0.4 is 14.9 Å². The van der Waals surface area contributed by atoms with Gasteiger partial charge in [-0.15, -0.1) is 0 Å². The average Bonchev–Trinajstić information content (AvgIpc) is 2.57. The van der Waals surface area contributed by atoms with Crippen molar-refractivity contribution >= 4 is 11.4 Å². The highest BCUT2D eigenvalue weighted by Gasteiger charge is 2.06. The molecule has 0 fully saturated rings. The molecule has 6 heteroatoms. The Labute approximate surface area is 127 Å². The topological polar surface area (TPSA) is 90.4 Å². The third kappa shape index (κ3) is 3.75. The molecule has 0 amide bonds. The van der Waals surface area contributed by atoms with Crippen LogP contribution in [-0.4, -0.2) is 12.8 Å². The zero-order valence-corrected chi connectivity index (χ0v) is 11.8. The molecule has 2 rings (SSSR count). The normalized spacial score (nSPS) is 9.05. The molecule has 0 aliphatic carbocycles. The number of hydrogen-bond acceptors (Lipinski definition) is 6. The van der Waals surface area contributed by atoms with Gasteiger partial charge in [0.05, 0.1) is 7.11 Å². The number of anilines is 1. The lowest BCUT2D eigenvalue weighted by atomic mass is 10.2. The van der Waals surface area contributed by atoms with Gasteiger partial charge < -0.3 is 9.47 Å². The minimum Gasteiger partial charge on any atom is -0.495 e. The Bertz CT molecular complexity index is 742. The van der Waals surface area contributed by atoms with E-state index in [0.717, 1.165) is 0 Å². The number of rotatable bonds is 5. The van der Waals surface area contributed by atoms with Crippen LogP contribution in [-0.2, 0) is 0 Å². The first-order valence-electron chi connectivity index (χ1n) is 6.31. The molecule has 6 nitrogen and oxygen atoms in total. The van der Waals surface area contributed by atoms with Gasteiger partial charge in [-0.3, -0.25) is 5.43 Å². The predicted octanol–water partition coefficient (Wildman–Crippen LogP) is 3.30. The molecule has 22 heavy (non-hydrogen) atoms. The first-order valence-corrected chi connectivity index (χ1v) is 6.31. The van der Waals surface area contributed by atoms with Crippen molar-refractivity contribution in [2.45, 2.75) is 0 Å². The Morgan fingerprint density at radius 3 is 2.41 bits per heavy atom. The van der Waals surface area contributed by atoms with Crippen molar-refractivity contribution in [3.05, 3.63) is 48.5 Å². The van der Waals surface area contributed by atoms with Crippen molar-refractivity contribution < 1.29 is 9.47 Å². The second kappa shape index (κ2) is 7.32. The van der Waals surface area contributed by atoms with Crippen molar-refractivity contribution in [1.29, 1.82) is 10.5 Å². The Hall–Kier alpha value is -3.51. The summed E-state index contributed by atoms with van der Waals surface area (Å²) in [5.74, 6) is 1.77. The molecule has 2 aromatic rings. The maximum absolute atomic E-state index is 8.68. The van der Waals surface area contributed by atoms with E-state index in [9.17, 15) is 0 Å². The molecule has 0 heterocycles. The first kappa shape index (κ1) is 14.9. The number of ether oxygens (including phenoxy) is 2. The van der Waals surface area contributed by atoms with Crippen molar-refractivity contribution in [2.24, 2.45) is 5.10 Å². The summed E-state index contributed by atoms with van der Waals surface area (Å²) in [7, 11) is 1.51. The van der Waals surface area contributed by atoms with Crippen LogP contribution in [0, 0.1) is 22.7 Å². The summed E-state index contributed by atoms with van der Waals surface area (Å²) in [6.07, 6.45) is 0. The summed E-state index contributed by atoms with van der Waals surface area (Å²) in [5, 5.41) is 21.1. The fraction of sp³-hybridized carbons (Fsp3) is 0.0625. The molecule has 1 N–H and O–H groups in total. The summed E-state index contributed by atoms with van der Waals surface area (Å²) in [5.41, 5.74) is 2.83. The van der Waals surface area contributed by atoms with E-state index in [4.69, 9.17) is 20.0 Å². The molecule has 0 aromatic heterocycles. The van der Waals surface area contributed by atoms with E-state index >= 15 is 0 Å². The Balaban J connectivity index is 2.25. The molecular weight excluding hydrogens is 280 g/mol. The van der Waals surface area contributed by atoms with Gasteiger partial charge in [-0.05, 0) is 24.3 Å². The second-order valence-corrected chi connectivity index (χ2v) is 4.07. The van der Waals surface area contributed by atoms with Crippen molar-refractivity contribution in [2.75, 3.05) is 12.5 Å². The molecule has 0 spiro atoms. The van der Waals surface area contributed by atoms with Gasteiger partial charge in [0, 0.05) is 6.07 Å². The van der Waals surface area contributed by atoms with Crippen molar-refractivity contribution in [1.82, 2.24) is 0 Å². The number of nitrogens with one attached hydrogen (secondary N) is 1. The van der Waals surface area contributed by atoms with E-state index in [1.165, 1.54) is 7.11 Å². The van der Waals surface area contributed by atoms with Gasteiger partial charge in [0.2, 0.25) is 5.71 Å². The maximum atomic E-state index is 8.68. The molecule has 108 valence electrons. The molecular formula is C16H12N4O2. The summed E-state index contributed by atoms with van der Waals surface area (Å²) < 4.78 is 10.9. The van der Waals surface area contributed by atoms with Crippen LogP contribution in [0.25, 0.3) is 0 Å². The van der Waals surface area contributed by atoms with Gasteiger partial charge in [-0.2, -0.15) is 15.6 Å². The lowest BCUT2D eigenvalue weighted by molar-refractivity contribution is 0.414. The van der Waals surface area contributed by atoms with Gasteiger partial charge in [0.1, 0.15) is 35.1 Å². The number of hydrogen-bond donors (Lipinski definition) is 1. The number of nitrogens with zero attached hydrogens (tertiary/aromatic N) is 3. The van der Waals surface area contributed by atoms with E-state index < -0.39 is 0 Å². The fourth-order valence-electron chi connectivity index (χ4n) is 1.65. The smallest absolute Gasteiger partial charge is 0.237 e. The minimum atomic E-state index is -0.281. The quantitative estimate of drug-likeness (QED) is 0.674. The molecule has 0 atom stereocenters. The Kier molecular flexibility index (Phi) is 4.95. The zero-order chi connectivity index (χ0) is 15.8. The summed E-state index contributed by atoms with van der Waals surface area (Å²) in [4.78, 5) is 0. The molecule has 0 bridgehead atoms. The number of benzene rings is 2. The third-order valence-electron chi connectivity index (χ3n) is 2.65. The van der Waals surface area contributed by atoms with Crippen LogP contribution in [0.15, 0.2) is 53.6 Å². The number of hydrazone groups is 1. The van der Waals surface area contributed by atoms with Crippen LogP contribution in [0.2, 0.25) is 0 Å². The lowest BCUT2D eigenvalue weighted by Crippen LogP contribution is -1.99. The predicted molar refractivity (Wildman–Crippen MR) is 81.8 cm³/mol. The molecule has 2 aromatic carbocycles. The van der Waals surface area contributed by atoms with Gasteiger partial charge in [0.15, 0.2) is 0 Å². The van der Waals surface area contributed by atoms with Crippen molar-refractivity contribution in [3.63, 3.8) is 0 Å². The number of para-hydroxylation sites is 1. The van der Waals surface area contributed by atoms with E-state index in [1.54, 1.807) is 30.3 Å². The van der Waals surface area contributed by atoms with Gasteiger partial charge in [-0.25, -0.2) is 0 Å². The molecule has 0 unspecified atom stereocenters. The highest BCUT2D eigenvalue weighted by Crippen LogP contribution is 2.31. The van der Waals surface area contributed by atoms with Crippen LogP contribution in [0.1, 0.15) is 0 Å². The third-order valence-corrected chi connectivity index (χ3v) is 2.65. The fourth-order valence-corrected chi connectivity index (χ4v) is 1.65. The highest BCUT2D eigenvalue weighted by molar-refractivity contribution is 6.10. The molecule has 0 aliphatic heterocycles. The summed E-state index contributed by atoms with van der Waals surface area (Å²) in [6, 6.07) is 17.8. The van der Waals surface area contributed by atoms with Gasteiger partial charge >= 0.3 is 0 Å². The van der Waals surface area contributed by atoms with E-state index in [-0.39, 0.29) is 5.71 Å². The maximum Gasteiger partial charge on any atom is 0.237 e. The van der Waals surface area contributed by atoms with Crippen LogP contribution in [0.5, 0.6) is 17.2 Å². The van der Waals surface area contributed by atoms with E-state index in [2.05, 4.69) is 10.5 Å². The van der Waals surface area contributed by atoms with E-state index in [1.807, 2.05) is 30.3 Å². The van der Waals surface area contributed by atoms with E-state index in [0.29, 0.717) is 22.9 Å². The molecule has 0 radical (unpaired) electrons. The molecule has 0 aliphatic rings. The molecule has 0 saturated carbocycles. The second-order valence-electron chi connectivity index (χ2n) is 4.07. The largest absolute Gasteiger partial charge is 0.495 e. The van der Waals surface area contributed by atoms with Crippen LogP contribution in [0.4, 0.5) is 5.69 Å². The molecule has 0 saturated heterocycles. The van der Waals surface area contributed by atoms with Crippen molar-refractivity contribution in [3.8, 4) is 29.4 Å². The Morgan fingerprint density at radius 2 is 1.77 bits per heavy atom.